The maximum Gasteiger partial charge on any atom is 0.246 e. The van der Waals surface area contributed by atoms with Crippen molar-refractivity contribution in [1.82, 2.24) is 19.6 Å². The van der Waals surface area contributed by atoms with Gasteiger partial charge in [-0.2, -0.15) is 5.10 Å². The van der Waals surface area contributed by atoms with E-state index >= 15 is 0 Å². The Bertz CT molecular complexity index is 1250. The summed E-state index contributed by atoms with van der Waals surface area (Å²) in [4.78, 5) is 17.1. The fourth-order valence-corrected chi connectivity index (χ4v) is 4.35. The Kier molecular flexibility index (Phi) is 7.20. The molecule has 0 atom stereocenters. The van der Waals surface area contributed by atoms with Gasteiger partial charge in [-0.1, -0.05) is 36.4 Å². The highest BCUT2D eigenvalue weighted by Gasteiger charge is 2.23. The van der Waals surface area contributed by atoms with Gasteiger partial charge in [-0.15, -0.1) is 12.4 Å². The minimum atomic E-state index is 0. The van der Waals surface area contributed by atoms with Crippen molar-refractivity contribution in [3.8, 4) is 17.1 Å². The predicted molar refractivity (Wildman–Crippen MR) is 138 cm³/mol. The van der Waals surface area contributed by atoms with Gasteiger partial charge in [-0.05, 0) is 63.3 Å². The molecule has 2 aromatic carbocycles. The van der Waals surface area contributed by atoms with Crippen LogP contribution in [0.2, 0.25) is 0 Å². The summed E-state index contributed by atoms with van der Waals surface area (Å²) >= 11 is 0. The number of hydrogen-bond donors (Lipinski definition) is 0. The van der Waals surface area contributed by atoms with Crippen molar-refractivity contribution in [3.63, 3.8) is 0 Å². The van der Waals surface area contributed by atoms with Crippen LogP contribution in [0.4, 0.5) is 0 Å². The number of fused-ring (bicyclic) bond motifs is 1. The molecule has 0 N–H and O–H groups in total. The zero-order chi connectivity index (χ0) is 22.8. The third-order valence-corrected chi connectivity index (χ3v) is 6.41. The number of carbonyl (C=O) groups excluding carboxylic acids is 1. The van der Waals surface area contributed by atoms with Crippen LogP contribution >= 0.6 is 12.4 Å². The number of carbonyl (C=O) groups is 1. The summed E-state index contributed by atoms with van der Waals surface area (Å²) in [6.45, 7) is 2.04. The van der Waals surface area contributed by atoms with Crippen molar-refractivity contribution in [3.05, 3.63) is 78.5 Å². The van der Waals surface area contributed by atoms with Gasteiger partial charge in [0.2, 0.25) is 5.91 Å². The van der Waals surface area contributed by atoms with Crippen molar-refractivity contribution in [2.45, 2.75) is 18.9 Å². The molecule has 0 aliphatic carbocycles. The number of hydrogen-bond acceptors (Lipinski definition) is 4. The summed E-state index contributed by atoms with van der Waals surface area (Å²) in [7, 11) is 4.03. The van der Waals surface area contributed by atoms with E-state index in [1.165, 1.54) is 0 Å². The quantitative estimate of drug-likeness (QED) is 0.368. The summed E-state index contributed by atoms with van der Waals surface area (Å²) in [5.74, 6) is 0.689. The topological polar surface area (TPSA) is 54.5 Å². The highest BCUT2D eigenvalue weighted by Crippen LogP contribution is 2.30. The fraction of sp³-hybridized carbons (Fsp3) is 0.259. The first-order chi connectivity index (χ1) is 16.1. The van der Waals surface area contributed by atoms with Crippen molar-refractivity contribution in [2.24, 2.45) is 0 Å². The number of piperidine rings is 1. The number of benzene rings is 2. The SMILES string of the molecule is CN1CCC(N(C)C(=O)/C=C/c2cn(-c3ccccc3)nc2-c2cc3ccccc3o2)CC1.Cl. The first-order valence-corrected chi connectivity index (χ1v) is 11.4. The van der Waals surface area contributed by atoms with Crippen molar-refractivity contribution < 1.29 is 9.21 Å². The average Bonchev–Trinajstić information content (AvgIpc) is 3.47. The number of furan rings is 1. The van der Waals surface area contributed by atoms with Crippen molar-refractivity contribution in [1.29, 1.82) is 0 Å². The second kappa shape index (κ2) is 10.3. The van der Waals surface area contributed by atoms with E-state index in [1.54, 1.807) is 6.08 Å². The molecule has 7 heteroatoms. The smallest absolute Gasteiger partial charge is 0.246 e. The van der Waals surface area contributed by atoms with E-state index in [1.807, 2.05) is 89.6 Å². The molecule has 6 nitrogen and oxygen atoms in total. The molecule has 0 radical (unpaired) electrons. The molecule has 1 saturated heterocycles. The molecule has 0 saturated carbocycles. The Balaban J connectivity index is 0.00000274. The molecule has 3 heterocycles. The molecule has 1 fully saturated rings. The van der Waals surface area contributed by atoms with Gasteiger partial charge in [-0.3, -0.25) is 4.79 Å². The standard InChI is InChI=1S/C27H28N4O2.ClH/c1-29-16-14-22(15-17-29)30(2)26(32)13-12-21-19-31(23-9-4-3-5-10-23)28-27(21)25-18-20-8-6-7-11-24(20)33-25;/h3-13,18-19,22H,14-17H2,1-2H3;1H/b13-12+;. The number of amides is 1. The predicted octanol–water partition coefficient (Wildman–Crippen LogP) is 5.27. The number of halogens is 1. The molecule has 4 aromatic rings. The van der Waals surface area contributed by atoms with Crippen LogP contribution < -0.4 is 0 Å². The first-order valence-electron chi connectivity index (χ1n) is 11.4. The van der Waals surface area contributed by atoms with Gasteiger partial charge in [0.05, 0.1) is 5.69 Å². The van der Waals surface area contributed by atoms with Crippen LogP contribution in [0.15, 0.2) is 77.4 Å². The van der Waals surface area contributed by atoms with E-state index in [0.717, 1.165) is 48.2 Å². The van der Waals surface area contributed by atoms with Gasteiger partial charge in [0.25, 0.3) is 0 Å². The second-order valence-corrected chi connectivity index (χ2v) is 8.68. The Morgan fingerprint density at radius 1 is 1.09 bits per heavy atom. The van der Waals surface area contributed by atoms with Crippen LogP contribution in [-0.2, 0) is 4.79 Å². The summed E-state index contributed by atoms with van der Waals surface area (Å²) in [6, 6.07) is 20.1. The van der Waals surface area contributed by atoms with Crippen LogP contribution in [0.25, 0.3) is 34.2 Å². The van der Waals surface area contributed by atoms with Gasteiger partial charge in [0.1, 0.15) is 11.3 Å². The molecule has 1 aliphatic rings. The highest BCUT2D eigenvalue weighted by atomic mass is 35.5. The van der Waals surface area contributed by atoms with E-state index in [2.05, 4.69) is 11.9 Å². The molecule has 34 heavy (non-hydrogen) atoms. The number of likely N-dealkylation sites (N-methyl/N-ethyl adjacent to an activating group) is 1. The molecule has 5 rings (SSSR count). The Hall–Kier alpha value is -3.35. The Labute approximate surface area is 205 Å². The number of likely N-dealkylation sites (tertiary alicyclic amines) is 1. The third-order valence-electron chi connectivity index (χ3n) is 6.41. The van der Waals surface area contributed by atoms with Crippen LogP contribution in [0.5, 0.6) is 0 Å². The Morgan fingerprint density at radius 3 is 2.53 bits per heavy atom. The minimum absolute atomic E-state index is 0. The van der Waals surface area contributed by atoms with Crippen molar-refractivity contribution in [2.75, 3.05) is 27.2 Å². The minimum Gasteiger partial charge on any atom is -0.454 e. The van der Waals surface area contributed by atoms with E-state index in [-0.39, 0.29) is 24.4 Å². The fourth-order valence-electron chi connectivity index (χ4n) is 4.35. The molecular weight excluding hydrogens is 448 g/mol. The Morgan fingerprint density at radius 2 is 1.79 bits per heavy atom. The van der Waals surface area contributed by atoms with Gasteiger partial charge in [0, 0.05) is 36.3 Å². The van der Waals surface area contributed by atoms with Gasteiger partial charge in [0.15, 0.2) is 5.76 Å². The van der Waals surface area contributed by atoms with E-state index in [4.69, 9.17) is 9.52 Å². The third kappa shape index (κ3) is 4.93. The van der Waals surface area contributed by atoms with Crippen LogP contribution in [0.3, 0.4) is 0 Å². The highest BCUT2D eigenvalue weighted by molar-refractivity contribution is 5.93. The van der Waals surface area contributed by atoms with Crippen LogP contribution in [-0.4, -0.2) is 58.7 Å². The lowest BCUT2D eigenvalue weighted by atomic mass is 10.0. The zero-order valence-corrected chi connectivity index (χ0v) is 20.2. The summed E-state index contributed by atoms with van der Waals surface area (Å²) < 4.78 is 7.92. The molecular formula is C27H29ClN4O2. The lowest BCUT2D eigenvalue weighted by Gasteiger charge is -2.34. The number of para-hydroxylation sites is 2. The first kappa shape index (κ1) is 23.8. The summed E-state index contributed by atoms with van der Waals surface area (Å²) in [6.07, 6.45) is 7.45. The average molecular weight is 477 g/mol. The van der Waals surface area contributed by atoms with Crippen LogP contribution in [0.1, 0.15) is 18.4 Å². The zero-order valence-electron chi connectivity index (χ0n) is 19.4. The second-order valence-electron chi connectivity index (χ2n) is 8.68. The summed E-state index contributed by atoms with van der Waals surface area (Å²) in [5, 5.41) is 5.83. The molecule has 1 aliphatic heterocycles. The maximum absolute atomic E-state index is 12.9. The molecule has 1 amide bonds. The van der Waals surface area contributed by atoms with E-state index in [9.17, 15) is 4.79 Å². The molecule has 2 aromatic heterocycles. The van der Waals surface area contributed by atoms with Crippen molar-refractivity contribution >= 4 is 35.4 Å². The lowest BCUT2D eigenvalue weighted by molar-refractivity contribution is -0.127. The molecule has 0 spiro atoms. The monoisotopic (exact) mass is 476 g/mol. The van der Waals surface area contributed by atoms with Gasteiger partial charge < -0.3 is 14.2 Å². The number of nitrogens with zero attached hydrogens (tertiary/aromatic N) is 4. The number of aromatic nitrogens is 2. The number of rotatable bonds is 5. The van der Waals surface area contributed by atoms with Gasteiger partial charge >= 0.3 is 0 Å². The van der Waals surface area contributed by atoms with Crippen LogP contribution in [0, 0.1) is 0 Å². The molecule has 0 unspecified atom stereocenters. The van der Waals surface area contributed by atoms with E-state index < -0.39 is 0 Å². The molecule has 176 valence electrons. The molecule has 0 bridgehead atoms. The maximum atomic E-state index is 12.9. The van der Waals surface area contributed by atoms with E-state index in [0.29, 0.717) is 11.5 Å². The normalized spacial score (nSPS) is 15.0. The van der Waals surface area contributed by atoms with Gasteiger partial charge in [-0.25, -0.2) is 4.68 Å². The lowest BCUT2D eigenvalue weighted by Crippen LogP contribution is -2.43. The largest absolute Gasteiger partial charge is 0.454 e. The summed E-state index contributed by atoms with van der Waals surface area (Å²) in [5.41, 5.74) is 3.31.